The Morgan fingerprint density at radius 2 is 1.81 bits per heavy atom. The Bertz CT molecular complexity index is 1600. The number of rotatable bonds is 12. The molecular formula is C29H35FN9O2P. The quantitative estimate of drug-likeness (QED) is 0.160. The predicted octanol–water partition coefficient (Wildman–Crippen LogP) is 4.54. The van der Waals surface area contributed by atoms with Gasteiger partial charge in [-0.05, 0) is 51.7 Å². The van der Waals surface area contributed by atoms with Crippen molar-refractivity contribution in [3.63, 3.8) is 0 Å². The number of benzene rings is 2. The monoisotopic (exact) mass is 591 g/mol. The van der Waals surface area contributed by atoms with Gasteiger partial charge in [0.25, 0.3) is 0 Å². The van der Waals surface area contributed by atoms with Gasteiger partial charge in [-0.3, -0.25) is 14.8 Å². The van der Waals surface area contributed by atoms with Crippen molar-refractivity contribution >= 4 is 64.7 Å². The van der Waals surface area contributed by atoms with Crippen LogP contribution in [0.4, 0.5) is 38.9 Å². The average Bonchev–Trinajstić information content (AvgIpc) is 2.97. The van der Waals surface area contributed by atoms with Crippen molar-refractivity contribution in [3.8, 4) is 5.75 Å². The number of fused-ring (bicyclic) bond motifs is 1. The van der Waals surface area contributed by atoms with E-state index in [9.17, 15) is 9.18 Å². The van der Waals surface area contributed by atoms with Crippen LogP contribution in [0.5, 0.6) is 5.75 Å². The summed E-state index contributed by atoms with van der Waals surface area (Å²) in [5, 5.41) is 10.1. The number of halogens is 1. The number of anilines is 6. The minimum atomic E-state index is -0.619. The molecule has 0 bridgehead atoms. The molecule has 0 spiro atoms. The zero-order chi connectivity index (χ0) is 30.4. The molecule has 3 N–H and O–H groups in total. The van der Waals surface area contributed by atoms with Crippen LogP contribution in [-0.2, 0) is 4.79 Å². The van der Waals surface area contributed by atoms with E-state index in [4.69, 9.17) is 4.74 Å². The van der Waals surface area contributed by atoms with Gasteiger partial charge >= 0.3 is 0 Å². The molecule has 4 aromatic rings. The highest BCUT2D eigenvalue weighted by Gasteiger charge is 2.19. The fourth-order valence-electron chi connectivity index (χ4n) is 4.24. The van der Waals surface area contributed by atoms with E-state index in [0.717, 1.165) is 34.8 Å². The number of carbonyl (C=O) groups is 1. The Balaban J connectivity index is 1.69. The van der Waals surface area contributed by atoms with Crippen molar-refractivity contribution in [2.75, 3.05) is 75.5 Å². The zero-order valence-electron chi connectivity index (χ0n) is 24.6. The first-order chi connectivity index (χ1) is 20.1. The van der Waals surface area contributed by atoms with Crippen LogP contribution in [0.3, 0.4) is 0 Å². The first-order valence-electron chi connectivity index (χ1n) is 13.1. The molecule has 1 amide bonds. The van der Waals surface area contributed by atoms with E-state index in [-0.39, 0.29) is 17.7 Å². The number of amides is 1. The Morgan fingerprint density at radius 3 is 2.50 bits per heavy atom. The van der Waals surface area contributed by atoms with Crippen LogP contribution < -0.4 is 30.9 Å². The van der Waals surface area contributed by atoms with E-state index < -0.39 is 13.7 Å². The van der Waals surface area contributed by atoms with E-state index in [1.54, 1.807) is 25.6 Å². The summed E-state index contributed by atoms with van der Waals surface area (Å²) in [5.41, 5.74) is 3.99. The molecule has 0 atom stereocenters. The van der Waals surface area contributed by atoms with Gasteiger partial charge in [0, 0.05) is 49.6 Å². The molecule has 0 aliphatic rings. The number of likely N-dealkylation sites (N-methyl/N-ethyl adjacent to an activating group) is 2. The number of ether oxygens (including phenoxy) is 1. The molecule has 2 heterocycles. The number of methoxy groups -OCH3 is 1. The molecule has 2 aromatic heterocycles. The lowest BCUT2D eigenvalue weighted by Gasteiger charge is -2.26. The van der Waals surface area contributed by atoms with Crippen molar-refractivity contribution in [2.45, 2.75) is 0 Å². The summed E-state index contributed by atoms with van der Waals surface area (Å²) in [4.78, 5) is 33.8. The van der Waals surface area contributed by atoms with Gasteiger partial charge in [-0.1, -0.05) is 14.5 Å². The lowest BCUT2D eigenvalue weighted by atomic mass is 10.2. The third kappa shape index (κ3) is 7.07. The molecule has 0 aliphatic carbocycles. The number of hydrogen-bond donors (Lipinski definition) is 3. The number of carbonyl (C=O) groups excluding carboxylic acids is 1. The lowest BCUT2D eigenvalue weighted by molar-refractivity contribution is -0.111. The van der Waals surface area contributed by atoms with Crippen molar-refractivity contribution in [2.24, 2.45) is 0 Å². The van der Waals surface area contributed by atoms with Crippen molar-refractivity contribution in [1.29, 1.82) is 0 Å². The molecule has 13 heteroatoms. The molecule has 0 radical (unpaired) electrons. The van der Waals surface area contributed by atoms with Crippen LogP contribution in [0.15, 0.2) is 55.5 Å². The molecule has 0 aliphatic heterocycles. The molecule has 4 rings (SSSR count). The second kappa shape index (κ2) is 13.5. The second-order valence-corrected chi connectivity index (χ2v) is 12.1. The number of nitrogens with zero attached hydrogens (tertiary/aromatic N) is 6. The fraction of sp³-hybridized carbons (Fsp3) is 0.276. The minimum Gasteiger partial charge on any atom is -0.494 e. The molecular weight excluding hydrogens is 556 g/mol. The number of aromatic nitrogens is 4. The van der Waals surface area contributed by atoms with Gasteiger partial charge in [0.15, 0.2) is 11.6 Å². The second-order valence-electron chi connectivity index (χ2n) is 9.91. The van der Waals surface area contributed by atoms with Gasteiger partial charge < -0.3 is 30.5 Å². The van der Waals surface area contributed by atoms with Crippen LogP contribution in [0, 0.1) is 5.82 Å². The summed E-state index contributed by atoms with van der Waals surface area (Å²) in [6.07, 6.45) is 5.58. The van der Waals surface area contributed by atoms with Gasteiger partial charge in [0.05, 0.1) is 41.4 Å². The largest absolute Gasteiger partial charge is 0.494 e. The molecule has 2 aromatic carbocycles. The van der Waals surface area contributed by atoms with Gasteiger partial charge in [-0.25, -0.2) is 9.37 Å². The standard InChI is InChI=1S/C29H35FN9O2P/c1-8-25(40)34-21-15-22(24(41-5)16-23(21)39(4)14-13-38(2)3)36-29-33-17-18(30)28(37-29)35-20-10-9-19-26(27(20)42(6)7)32-12-11-31-19/h8-12,15-17H,1,13-14H2,2-7H3,(H,34,40)(H2,33,35,36,37). The number of hydrogen-bond acceptors (Lipinski definition) is 10. The summed E-state index contributed by atoms with van der Waals surface area (Å²) in [6, 6.07) is 7.23. The molecule has 0 saturated heterocycles. The SMILES string of the molecule is C=CC(=O)Nc1cc(Nc2ncc(F)c(Nc3ccc4nccnc4c3P(C)C)n2)c(OC)cc1N(C)CCN(C)C. The highest BCUT2D eigenvalue weighted by Crippen LogP contribution is 2.38. The molecule has 0 unspecified atom stereocenters. The summed E-state index contributed by atoms with van der Waals surface area (Å²) in [6.45, 7) is 9.27. The molecule has 42 heavy (non-hydrogen) atoms. The summed E-state index contributed by atoms with van der Waals surface area (Å²) < 4.78 is 20.6. The summed E-state index contributed by atoms with van der Waals surface area (Å²) in [5.74, 6) is -0.373. The van der Waals surface area contributed by atoms with E-state index in [1.807, 2.05) is 44.2 Å². The lowest BCUT2D eigenvalue weighted by Crippen LogP contribution is -2.29. The van der Waals surface area contributed by atoms with Crippen LogP contribution in [-0.4, -0.2) is 85.4 Å². The van der Waals surface area contributed by atoms with E-state index >= 15 is 0 Å². The topological polar surface area (TPSA) is 120 Å². The molecule has 0 saturated carbocycles. The average molecular weight is 592 g/mol. The first-order valence-corrected chi connectivity index (χ1v) is 15.3. The molecule has 220 valence electrons. The summed E-state index contributed by atoms with van der Waals surface area (Å²) >= 11 is 0. The van der Waals surface area contributed by atoms with Crippen molar-refractivity contribution in [1.82, 2.24) is 24.8 Å². The summed E-state index contributed by atoms with van der Waals surface area (Å²) in [7, 11) is 6.85. The number of nitrogens with one attached hydrogen (secondary N) is 3. The third-order valence-corrected chi connectivity index (χ3v) is 7.71. The Hall–Kier alpha value is -4.41. The van der Waals surface area contributed by atoms with Gasteiger partial charge in [-0.2, -0.15) is 4.98 Å². The van der Waals surface area contributed by atoms with Crippen molar-refractivity contribution < 1.29 is 13.9 Å². The highest BCUT2D eigenvalue weighted by molar-refractivity contribution is 7.65. The van der Waals surface area contributed by atoms with Crippen LogP contribution >= 0.6 is 7.92 Å². The molecule has 0 fully saturated rings. The van der Waals surface area contributed by atoms with E-state index in [2.05, 4.69) is 60.7 Å². The minimum absolute atomic E-state index is 0.00645. The molecule has 11 nitrogen and oxygen atoms in total. The predicted molar refractivity (Wildman–Crippen MR) is 170 cm³/mol. The van der Waals surface area contributed by atoms with Gasteiger partial charge in [-0.15, -0.1) is 0 Å². The maximum absolute atomic E-state index is 15.0. The maximum Gasteiger partial charge on any atom is 0.247 e. The van der Waals surface area contributed by atoms with E-state index in [0.29, 0.717) is 29.4 Å². The normalized spacial score (nSPS) is 11.1. The zero-order valence-corrected chi connectivity index (χ0v) is 25.5. The Kier molecular flexibility index (Phi) is 9.82. The Labute approximate surface area is 246 Å². The van der Waals surface area contributed by atoms with E-state index in [1.165, 1.54) is 6.08 Å². The van der Waals surface area contributed by atoms with Crippen LogP contribution in [0.25, 0.3) is 11.0 Å². The third-order valence-electron chi connectivity index (χ3n) is 6.36. The maximum atomic E-state index is 15.0. The fourth-order valence-corrected chi connectivity index (χ4v) is 5.45. The van der Waals surface area contributed by atoms with Crippen LogP contribution in [0.2, 0.25) is 0 Å². The smallest absolute Gasteiger partial charge is 0.247 e. The van der Waals surface area contributed by atoms with Gasteiger partial charge in [0.2, 0.25) is 11.9 Å². The van der Waals surface area contributed by atoms with Crippen molar-refractivity contribution in [3.05, 3.63) is 61.3 Å². The highest BCUT2D eigenvalue weighted by atomic mass is 31.1. The van der Waals surface area contributed by atoms with Gasteiger partial charge in [0.1, 0.15) is 5.75 Å². The van der Waals surface area contributed by atoms with Crippen LogP contribution in [0.1, 0.15) is 0 Å². The first kappa shape index (κ1) is 30.5. The Morgan fingerprint density at radius 1 is 1.05 bits per heavy atom.